The number of amides is 3. The summed E-state index contributed by atoms with van der Waals surface area (Å²) >= 11 is 0. The van der Waals surface area contributed by atoms with E-state index in [2.05, 4.69) is 21.6 Å². The van der Waals surface area contributed by atoms with Crippen LogP contribution < -0.4 is 10.6 Å². The third-order valence-electron chi connectivity index (χ3n) is 6.93. The van der Waals surface area contributed by atoms with Crippen LogP contribution in [0.5, 0.6) is 0 Å². The summed E-state index contributed by atoms with van der Waals surface area (Å²) in [4.78, 5) is 40.7. The molecule has 7 heteroatoms. The maximum Gasteiger partial charge on any atom is 0.255 e. The van der Waals surface area contributed by atoms with Gasteiger partial charge in [0.25, 0.3) is 5.91 Å². The number of nitrogens with one attached hydrogen (secondary N) is 2. The number of carbonyl (C=O) groups excluding carboxylic acids is 3. The molecule has 7 nitrogen and oxygen atoms in total. The van der Waals surface area contributed by atoms with Gasteiger partial charge in [-0.05, 0) is 49.4 Å². The number of carbonyl (C=O) groups is 3. The summed E-state index contributed by atoms with van der Waals surface area (Å²) in [7, 11) is 0. The molecule has 3 fully saturated rings. The van der Waals surface area contributed by atoms with Crippen LogP contribution in [0.3, 0.4) is 0 Å². The van der Waals surface area contributed by atoms with Gasteiger partial charge in [-0.15, -0.1) is 0 Å². The van der Waals surface area contributed by atoms with Gasteiger partial charge in [-0.25, -0.2) is 0 Å². The van der Waals surface area contributed by atoms with E-state index in [0.717, 1.165) is 37.3 Å². The minimum atomic E-state index is -0.548. The van der Waals surface area contributed by atoms with Crippen molar-refractivity contribution in [3.8, 4) is 0 Å². The molecule has 4 aliphatic rings. The summed E-state index contributed by atoms with van der Waals surface area (Å²) in [6.07, 6.45) is 4.40. The summed E-state index contributed by atoms with van der Waals surface area (Å²) in [5.74, 6) is -0.706. The number of fused-ring (bicyclic) bond motifs is 1. The molecule has 1 aromatic carbocycles. The normalized spacial score (nSPS) is 30.4. The summed E-state index contributed by atoms with van der Waals surface area (Å²) in [5, 5.41) is 5.88. The van der Waals surface area contributed by atoms with Gasteiger partial charge in [0.05, 0.1) is 0 Å². The number of piperidine rings is 2. The van der Waals surface area contributed by atoms with Gasteiger partial charge in [-0.3, -0.25) is 24.6 Å². The fourth-order valence-corrected chi connectivity index (χ4v) is 5.19. The Kier molecular flexibility index (Phi) is 4.25. The zero-order valence-electron chi connectivity index (χ0n) is 16.0. The number of nitrogens with zero attached hydrogens (tertiary/aromatic N) is 2. The molecule has 4 aliphatic heterocycles. The van der Waals surface area contributed by atoms with Crippen LogP contribution >= 0.6 is 0 Å². The Bertz CT molecular complexity index is 846. The van der Waals surface area contributed by atoms with Crippen molar-refractivity contribution < 1.29 is 14.4 Å². The van der Waals surface area contributed by atoms with Crippen LogP contribution in [-0.2, 0) is 22.7 Å². The lowest BCUT2D eigenvalue weighted by Crippen LogP contribution is -2.65. The Balaban J connectivity index is 1.31. The maximum atomic E-state index is 13.0. The van der Waals surface area contributed by atoms with E-state index in [1.165, 1.54) is 19.3 Å². The van der Waals surface area contributed by atoms with Crippen molar-refractivity contribution in [2.75, 3.05) is 19.6 Å². The molecule has 2 N–H and O–H groups in total. The molecule has 0 saturated carbocycles. The van der Waals surface area contributed by atoms with Crippen molar-refractivity contribution in [2.45, 2.75) is 56.8 Å². The quantitative estimate of drug-likeness (QED) is 0.755. The van der Waals surface area contributed by atoms with Crippen LogP contribution in [0.4, 0.5) is 0 Å². The van der Waals surface area contributed by atoms with Gasteiger partial charge in [0, 0.05) is 43.7 Å². The fraction of sp³-hybridized carbons (Fsp3) is 0.571. The Morgan fingerprint density at radius 3 is 2.79 bits per heavy atom. The van der Waals surface area contributed by atoms with Crippen molar-refractivity contribution in [3.05, 3.63) is 34.9 Å². The lowest BCUT2D eigenvalue weighted by Gasteiger charge is -2.55. The molecule has 0 bridgehead atoms. The van der Waals surface area contributed by atoms with Gasteiger partial charge in [-0.2, -0.15) is 0 Å². The number of likely N-dealkylation sites (tertiary alicyclic amines) is 1. The molecular weight excluding hydrogens is 356 g/mol. The van der Waals surface area contributed by atoms with Crippen LogP contribution in [0, 0.1) is 0 Å². The highest BCUT2D eigenvalue weighted by Crippen LogP contribution is 2.38. The second-order valence-corrected chi connectivity index (χ2v) is 8.57. The molecular formula is C21H26N4O3. The van der Waals surface area contributed by atoms with Crippen LogP contribution in [0.25, 0.3) is 0 Å². The molecule has 2 atom stereocenters. The number of hydrogen-bond acceptors (Lipinski definition) is 5. The SMILES string of the molecule is O=C1CCC(N2Cc3ccc(CN4CCC45CCCNC5)cc3C2=O)C(=O)N1. The van der Waals surface area contributed by atoms with Crippen molar-refractivity contribution in [1.82, 2.24) is 20.4 Å². The van der Waals surface area contributed by atoms with Gasteiger partial charge in [0.2, 0.25) is 11.8 Å². The standard InChI is InChI=1S/C21H26N4O3/c26-18-5-4-17(19(27)23-18)25-12-15-3-2-14(10-16(15)20(25)28)11-24-9-7-21(24)6-1-8-22-13-21/h2-3,10,17,22H,1,4-9,11-13H2,(H,23,26,27). The Hall–Kier alpha value is -2.25. The lowest BCUT2D eigenvalue weighted by molar-refractivity contribution is -0.136. The van der Waals surface area contributed by atoms with E-state index in [1.54, 1.807) is 4.90 Å². The fourth-order valence-electron chi connectivity index (χ4n) is 5.19. The highest BCUT2D eigenvalue weighted by Gasteiger charge is 2.45. The van der Waals surface area contributed by atoms with Crippen molar-refractivity contribution in [1.29, 1.82) is 0 Å². The van der Waals surface area contributed by atoms with Crippen LogP contribution in [0.15, 0.2) is 18.2 Å². The summed E-state index contributed by atoms with van der Waals surface area (Å²) in [5.41, 5.74) is 3.12. The van der Waals surface area contributed by atoms with E-state index in [4.69, 9.17) is 0 Å². The average Bonchev–Trinajstić information content (AvgIpc) is 3.02. The average molecular weight is 382 g/mol. The monoisotopic (exact) mass is 382 g/mol. The highest BCUT2D eigenvalue weighted by molar-refractivity contribution is 6.05. The molecule has 0 aliphatic carbocycles. The highest BCUT2D eigenvalue weighted by atomic mass is 16.2. The molecule has 148 valence electrons. The zero-order valence-corrected chi connectivity index (χ0v) is 16.0. The number of rotatable bonds is 3. The van der Waals surface area contributed by atoms with E-state index in [0.29, 0.717) is 24.1 Å². The van der Waals surface area contributed by atoms with Crippen molar-refractivity contribution in [3.63, 3.8) is 0 Å². The molecule has 28 heavy (non-hydrogen) atoms. The molecule has 5 rings (SSSR count). The number of hydrogen-bond donors (Lipinski definition) is 2. The first kappa shape index (κ1) is 17.8. The minimum absolute atomic E-state index is 0.0935. The molecule has 1 aromatic rings. The van der Waals surface area contributed by atoms with E-state index in [1.807, 2.05) is 12.1 Å². The van der Waals surface area contributed by atoms with Crippen molar-refractivity contribution >= 4 is 17.7 Å². The second-order valence-electron chi connectivity index (χ2n) is 8.57. The zero-order chi connectivity index (χ0) is 19.3. The number of imide groups is 1. The van der Waals surface area contributed by atoms with E-state index >= 15 is 0 Å². The summed E-state index contributed by atoms with van der Waals surface area (Å²) in [6.45, 7) is 4.58. The van der Waals surface area contributed by atoms with Crippen LogP contribution in [-0.4, -0.2) is 58.7 Å². The van der Waals surface area contributed by atoms with Crippen LogP contribution in [0.2, 0.25) is 0 Å². The lowest BCUT2D eigenvalue weighted by atomic mass is 9.78. The van der Waals surface area contributed by atoms with Gasteiger partial charge < -0.3 is 10.2 Å². The van der Waals surface area contributed by atoms with Gasteiger partial charge in [0.15, 0.2) is 0 Å². The van der Waals surface area contributed by atoms with E-state index in [-0.39, 0.29) is 24.1 Å². The first-order chi connectivity index (χ1) is 13.6. The smallest absolute Gasteiger partial charge is 0.255 e. The van der Waals surface area contributed by atoms with Crippen molar-refractivity contribution in [2.24, 2.45) is 0 Å². The first-order valence-corrected chi connectivity index (χ1v) is 10.3. The van der Waals surface area contributed by atoms with Gasteiger partial charge >= 0.3 is 0 Å². The molecule has 0 radical (unpaired) electrons. The predicted octanol–water partition coefficient (Wildman–Crippen LogP) is 0.776. The van der Waals surface area contributed by atoms with E-state index < -0.39 is 6.04 Å². The summed E-state index contributed by atoms with van der Waals surface area (Å²) in [6, 6.07) is 5.60. The Morgan fingerprint density at radius 2 is 2.07 bits per heavy atom. The topological polar surface area (TPSA) is 81.8 Å². The van der Waals surface area contributed by atoms with E-state index in [9.17, 15) is 14.4 Å². The molecule has 4 heterocycles. The van der Waals surface area contributed by atoms with Gasteiger partial charge in [0.1, 0.15) is 6.04 Å². The van der Waals surface area contributed by atoms with Crippen LogP contribution in [0.1, 0.15) is 53.6 Å². The first-order valence-electron chi connectivity index (χ1n) is 10.3. The molecule has 0 aromatic heterocycles. The Labute approximate surface area is 164 Å². The third kappa shape index (κ3) is 2.84. The Morgan fingerprint density at radius 1 is 1.18 bits per heavy atom. The second kappa shape index (κ2) is 6.67. The molecule has 3 amide bonds. The number of benzene rings is 1. The molecule has 3 saturated heterocycles. The molecule has 1 spiro atoms. The third-order valence-corrected chi connectivity index (χ3v) is 6.93. The predicted molar refractivity (Wildman–Crippen MR) is 102 cm³/mol. The summed E-state index contributed by atoms with van der Waals surface area (Å²) < 4.78 is 0. The largest absolute Gasteiger partial charge is 0.322 e. The minimum Gasteiger partial charge on any atom is -0.322 e. The van der Waals surface area contributed by atoms with Gasteiger partial charge in [-0.1, -0.05) is 12.1 Å². The maximum absolute atomic E-state index is 13.0. The molecule has 2 unspecified atom stereocenters.